The molecule has 0 heterocycles. The highest BCUT2D eigenvalue weighted by molar-refractivity contribution is 6.00. The number of methoxy groups -OCH3 is 1. The number of hydrogen-bond donors (Lipinski definition) is 2. The Morgan fingerprint density at radius 1 is 1.00 bits per heavy atom. The highest BCUT2D eigenvalue weighted by Crippen LogP contribution is 2.39. The third-order valence-corrected chi connectivity index (χ3v) is 4.77. The number of anilines is 1. The minimum Gasteiger partial charge on any atom is -0.496 e. The largest absolute Gasteiger partial charge is 0.496 e. The first-order valence-electron chi connectivity index (χ1n) is 9.51. The van der Waals surface area contributed by atoms with Gasteiger partial charge in [0.1, 0.15) is 5.75 Å². The lowest BCUT2D eigenvalue weighted by atomic mass is 10.2. The fourth-order valence-electron chi connectivity index (χ4n) is 3.08. The summed E-state index contributed by atoms with van der Waals surface area (Å²) < 4.78 is 10.2. The fraction of sp³-hybridized carbons (Fsp3) is 0.318. The normalized spacial score (nSPS) is 17.2. The SMILES string of the molecule is CCOC(=O)c1ccc(NC(=O)C2CC2C(=O)NCc2ccccc2OC)cc1. The maximum Gasteiger partial charge on any atom is 0.338 e. The Labute approximate surface area is 169 Å². The molecule has 0 aliphatic heterocycles. The molecule has 3 rings (SSSR count). The van der Waals surface area contributed by atoms with Gasteiger partial charge < -0.3 is 20.1 Å². The topological polar surface area (TPSA) is 93.7 Å². The quantitative estimate of drug-likeness (QED) is 0.669. The number of esters is 1. The monoisotopic (exact) mass is 396 g/mol. The molecule has 7 heteroatoms. The lowest BCUT2D eigenvalue weighted by molar-refractivity contribution is -0.125. The molecule has 0 saturated heterocycles. The standard InChI is InChI=1S/C22H24N2O5/c1-3-29-22(27)14-8-10-16(11-9-14)24-21(26)18-12-17(18)20(25)23-13-15-6-4-5-7-19(15)28-2/h4-11,17-18H,3,12-13H2,1-2H3,(H,23,25)(H,24,26). The minimum absolute atomic E-state index is 0.145. The number of amides is 2. The molecule has 2 N–H and O–H groups in total. The van der Waals surface area contributed by atoms with E-state index in [4.69, 9.17) is 9.47 Å². The van der Waals surface area contributed by atoms with Crippen molar-refractivity contribution in [2.45, 2.75) is 19.9 Å². The smallest absolute Gasteiger partial charge is 0.338 e. The van der Waals surface area contributed by atoms with E-state index in [1.165, 1.54) is 0 Å². The van der Waals surface area contributed by atoms with Gasteiger partial charge in [0.15, 0.2) is 0 Å². The number of hydrogen-bond acceptors (Lipinski definition) is 5. The van der Waals surface area contributed by atoms with Crippen molar-refractivity contribution in [3.63, 3.8) is 0 Å². The van der Waals surface area contributed by atoms with Crippen LogP contribution in [0.1, 0.15) is 29.3 Å². The van der Waals surface area contributed by atoms with Crippen molar-refractivity contribution in [2.75, 3.05) is 19.0 Å². The molecular weight excluding hydrogens is 372 g/mol. The molecule has 1 aliphatic rings. The van der Waals surface area contributed by atoms with E-state index in [2.05, 4.69) is 10.6 Å². The highest BCUT2D eigenvalue weighted by Gasteiger charge is 2.47. The van der Waals surface area contributed by atoms with E-state index >= 15 is 0 Å². The van der Waals surface area contributed by atoms with Gasteiger partial charge in [0.25, 0.3) is 0 Å². The van der Waals surface area contributed by atoms with Gasteiger partial charge in [0, 0.05) is 17.8 Å². The second-order valence-electron chi connectivity index (χ2n) is 6.77. The molecule has 1 saturated carbocycles. The maximum absolute atomic E-state index is 12.4. The lowest BCUT2D eigenvalue weighted by Crippen LogP contribution is -2.27. The second-order valence-corrected chi connectivity index (χ2v) is 6.77. The first-order valence-corrected chi connectivity index (χ1v) is 9.51. The number of para-hydroxylation sites is 1. The molecule has 0 aromatic heterocycles. The van der Waals surface area contributed by atoms with Crippen LogP contribution in [0.15, 0.2) is 48.5 Å². The summed E-state index contributed by atoms with van der Waals surface area (Å²) in [5.74, 6) is -0.718. The van der Waals surface area contributed by atoms with Gasteiger partial charge in [0.2, 0.25) is 11.8 Å². The van der Waals surface area contributed by atoms with Crippen molar-refractivity contribution in [3.05, 3.63) is 59.7 Å². The van der Waals surface area contributed by atoms with Gasteiger partial charge in [0.05, 0.1) is 31.1 Å². The van der Waals surface area contributed by atoms with Crippen LogP contribution in [0.3, 0.4) is 0 Å². The van der Waals surface area contributed by atoms with Gasteiger partial charge in [-0.05, 0) is 43.7 Å². The third-order valence-electron chi connectivity index (χ3n) is 4.77. The van der Waals surface area contributed by atoms with E-state index in [-0.39, 0.29) is 23.7 Å². The molecule has 2 amide bonds. The Morgan fingerprint density at radius 3 is 2.38 bits per heavy atom. The summed E-state index contributed by atoms with van der Waals surface area (Å²) >= 11 is 0. The summed E-state index contributed by atoms with van der Waals surface area (Å²) in [6.07, 6.45) is 0.518. The van der Waals surface area contributed by atoms with Gasteiger partial charge in [-0.25, -0.2) is 4.79 Å². The highest BCUT2D eigenvalue weighted by atomic mass is 16.5. The maximum atomic E-state index is 12.4. The van der Waals surface area contributed by atoms with Gasteiger partial charge in [-0.1, -0.05) is 18.2 Å². The van der Waals surface area contributed by atoms with Crippen LogP contribution in [0.2, 0.25) is 0 Å². The van der Waals surface area contributed by atoms with Gasteiger partial charge in [-0.15, -0.1) is 0 Å². The summed E-state index contributed by atoms with van der Waals surface area (Å²) in [5, 5.41) is 5.65. The third kappa shape index (κ3) is 5.13. The number of rotatable bonds is 8. The average Bonchev–Trinajstić information content (AvgIpc) is 3.54. The number of benzene rings is 2. The fourth-order valence-corrected chi connectivity index (χ4v) is 3.08. The number of carbonyl (C=O) groups is 3. The van der Waals surface area contributed by atoms with Crippen LogP contribution in [0.25, 0.3) is 0 Å². The van der Waals surface area contributed by atoms with E-state index in [0.29, 0.717) is 36.6 Å². The van der Waals surface area contributed by atoms with Crippen molar-refractivity contribution in [1.29, 1.82) is 0 Å². The molecule has 0 radical (unpaired) electrons. The second kappa shape index (κ2) is 9.23. The molecule has 2 atom stereocenters. The summed E-state index contributed by atoms with van der Waals surface area (Å²) in [5.41, 5.74) is 1.87. The molecule has 7 nitrogen and oxygen atoms in total. The summed E-state index contributed by atoms with van der Waals surface area (Å²) in [6.45, 7) is 2.40. The molecule has 2 unspecified atom stereocenters. The first kappa shape index (κ1) is 20.4. The molecule has 2 aromatic rings. The zero-order valence-corrected chi connectivity index (χ0v) is 16.4. The Kier molecular flexibility index (Phi) is 6.49. The van der Waals surface area contributed by atoms with E-state index < -0.39 is 5.97 Å². The van der Waals surface area contributed by atoms with Gasteiger partial charge >= 0.3 is 5.97 Å². The van der Waals surface area contributed by atoms with Crippen LogP contribution in [-0.2, 0) is 20.9 Å². The van der Waals surface area contributed by atoms with E-state index in [0.717, 1.165) is 5.56 Å². The average molecular weight is 396 g/mol. The summed E-state index contributed by atoms with van der Waals surface area (Å²) in [6, 6.07) is 13.9. The molecule has 152 valence electrons. The van der Waals surface area contributed by atoms with Gasteiger partial charge in [-0.2, -0.15) is 0 Å². The zero-order chi connectivity index (χ0) is 20.8. The van der Waals surface area contributed by atoms with Crippen molar-refractivity contribution >= 4 is 23.5 Å². The summed E-state index contributed by atoms with van der Waals surface area (Å²) in [7, 11) is 1.58. The van der Waals surface area contributed by atoms with Crippen molar-refractivity contribution in [2.24, 2.45) is 11.8 Å². The Morgan fingerprint density at radius 2 is 1.69 bits per heavy atom. The zero-order valence-electron chi connectivity index (χ0n) is 16.4. The van der Waals surface area contributed by atoms with E-state index in [9.17, 15) is 14.4 Å². The molecule has 1 fully saturated rings. The molecule has 0 bridgehead atoms. The van der Waals surface area contributed by atoms with E-state index in [1.54, 1.807) is 38.3 Å². The molecule has 29 heavy (non-hydrogen) atoms. The van der Waals surface area contributed by atoms with Crippen molar-refractivity contribution in [3.8, 4) is 5.75 Å². The molecule has 0 spiro atoms. The number of nitrogens with one attached hydrogen (secondary N) is 2. The minimum atomic E-state index is -0.403. The van der Waals surface area contributed by atoms with Crippen LogP contribution in [0.5, 0.6) is 5.75 Å². The molecule has 1 aliphatic carbocycles. The number of ether oxygens (including phenoxy) is 2. The summed E-state index contributed by atoms with van der Waals surface area (Å²) in [4.78, 5) is 36.4. The Hall–Kier alpha value is -3.35. The van der Waals surface area contributed by atoms with E-state index in [1.807, 2.05) is 24.3 Å². The first-order chi connectivity index (χ1) is 14.0. The van der Waals surface area contributed by atoms with Crippen LogP contribution < -0.4 is 15.4 Å². The predicted molar refractivity (Wildman–Crippen MR) is 107 cm³/mol. The number of carbonyl (C=O) groups excluding carboxylic acids is 3. The molecule has 2 aromatic carbocycles. The van der Waals surface area contributed by atoms with Crippen LogP contribution >= 0.6 is 0 Å². The Bertz CT molecular complexity index is 894. The van der Waals surface area contributed by atoms with Crippen LogP contribution in [0.4, 0.5) is 5.69 Å². The van der Waals surface area contributed by atoms with Gasteiger partial charge in [-0.3, -0.25) is 9.59 Å². The van der Waals surface area contributed by atoms with Crippen LogP contribution in [0, 0.1) is 11.8 Å². The predicted octanol–water partition coefficient (Wildman–Crippen LogP) is 2.76. The van der Waals surface area contributed by atoms with Crippen molar-refractivity contribution in [1.82, 2.24) is 5.32 Å². The van der Waals surface area contributed by atoms with Crippen LogP contribution in [-0.4, -0.2) is 31.5 Å². The lowest BCUT2D eigenvalue weighted by Gasteiger charge is -2.09. The van der Waals surface area contributed by atoms with Crippen molar-refractivity contribution < 1.29 is 23.9 Å². The molecular formula is C22H24N2O5. The Balaban J connectivity index is 1.48.